The summed E-state index contributed by atoms with van der Waals surface area (Å²) in [6.07, 6.45) is 7.40. The Hall–Kier alpha value is -2.56. The van der Waals surface area contributed by atoms with Crippen LogP contribution in [-0.2, 0) is 22.2 Å². The van der Waals surface area contributed by atoms with Gasteiger partial charge in [-0.25, -0.2) is 31.0 Å². The Balaban J connectivity index is 1.49. The van der Waals surface area contributed by atoms with E-state index < -0.39 is 21.7 Å². The van der Waals surface area contributed by atoms with Crippen molar-refractivity contribution in [3.63, 3.8) is 0 Å². The molecule has 2 heterocycles. The lowest BCUT2D eigenvalue weighted by molar-refractivity contribution is 0.303. The van der Waals surface area contributed by atoms with E-state index in [1.807, 2.05) is 13.0 Å². The van der Waals surface area contributed by atoms with Crippen molar-refractivity contribution in [2.45, 2.75) is 63.2 Å². The molecule has 0 radical (unpaired) electrons. The van der Waals surface area contributed by atoms with E-state index in [4.69, 9.17) is 0 Å². The molecule has 1 fully saturated rings. The predicted molar refractivity (Wildman–Crippen MR) is 150 cm³/mol. The summed E-state index contributed by atoms with van der Waals surface area (Å²) in [5.74, 6) is -0.375. The van der Waals surface area contributed by atoms with Crippen molar-refractivity contribution in [1.82, 2.24) is 14.5 Å². The second-order valence-electron chi connectivity index (χ2n) is 10.5. The van der Waals surface area contributed by atoms with E-state index >= 15 is 0 Å². The summed E-state index contributed by atoms with van der Waals surface area (Å²) >= 11 is 1.66. The molecule has 0 bridgehead atoms. The average molecular weight is 576 g/mol. The molecule has 1 unspecified atom stereocenters. The molecule has 3 aromatic rings. The highest BCUT2D eigenvalue weighted by atomic mass is 32.2. The van der Waals surface area contributed by atoms with E-state index in [0.29, 0.717) is 29.5 Å². The predicted octanol–water partition coefficient (Wildman–Crippen LogP) is 6.72. The molecule has 5 nitrogen and oxygen atoms in total. The van der Waals surface area contributed by atoms with Gasteiger partial charge in [-0.3, -0.25) is 0 Å². The number of nitrogens with zero attached hydrogens (tertiary/aromatic N) is 2. The summed E-state index contributed by atoms with van der Waals surface area (Å²) in [6, 6.07) is 9.48. The van der Waals surface area contributed by atoms with Gasteiger partial charge in [0.1, 0.15) is 17.3 Å². The minimum Gasteiger partial charge on any atom is -0.234 e. The number of benzene rings is 2. The van der Waals surface area contributed by atoms with Crippen LogP contribution >= 0.6 is 11.8 Å². The maximum absolute atomic E-state index is 14.9. The second-order valence-corrected chi connectivity index (χ2v) is 13.1. The van der Waals surface area contributed by atoms with Crippen molar-refractivity contribution >= 4 is 27.9 Å². The summed E-state index contributed by atoms with van der Waals surface area (Å²) in [4.78, 5) is 0. The van der Waals surface area contributed by atoms with Crippen LogP contribution in [0.2, 0.25) is 0 Å². The van der Waals surface area contributed by atoms with Crippen LogP contribution in [0.4, 0.5) is 13.2 Å². The highest BCUT2D eigenvalue weighted by Gasteiger charge is 2.30. The maximum atomic E-state index is 14.9. The van der Waals surface area contributed by atoms with Crippen molar-refractivity contribution in [3.05, 3.63) is 87.8 Å². The molecule has 5 rings (SSSR count). The molecule has 1 N–H and O–H groups in total. The van der Waals surface area contributed by atoms with Gasteiger partial charge in [0.15, 0.2) is 5.82 Å². The van der Waals surface area contributed by atoms with Crippen LogP contribution in [0, 0.1) is 23.4 Å². The van der Waals surface area contributed by atoms with Crippen molar-refractivity contribution in [2.75, 3.05) is 5.75 Å². The second kappa shape index (κ2) is 11.9. The van der Waals surface area contributed by atoms with Gasteiger partial charge < -0.3 is 0 Å². The Labute approximate surface area is 231 Å². The SMILES string of the molecule is C[C@@H](NS(=O)(=O)C=Cc1nn(-c2ccc(F)cc2F)c2c1CSCC2Cc1cccc(F)c1)C1CCCCC1. The third kappa shape index (κ3) is 6.61. The average Bonchev–Trinajstić information content (AvgIpc) is 3.27. The first-order chi connectivity index (χ1) is 18.7. The first kappa shape index (κ1) is 28.0. The van der Waals surface area contributed by atoms with Gasteiger partial charge in [0.25, 0.3) is 0 Å². The van der Waals surface area contributed by atoms with Crippen LogP contribution in [0.15, 0.2) is 47.9 Å². The highest BCUT2D eigenvalue weighted by Crippen LogP contribution is 2.39. The molecule has 1 saturated carbocycles. The van der Waals surface area contributed by atoms with Gasteiger partial charge in [0.05, 0.1) is 11.4 Å². The summed E-state index contributed by atoms with van der Waals surface area (Å²) in [5, 5.41) is 5.75. The van der Waals surface area contributed by atoms with E-state index in [0.717, 1.165) is 54.0 Å². The zero-order valence-electron chi connectivity index (χ0n) is 21.7. The van der Waals surface area contributed by atoms with Crippen molar-refractivity contribution in [2.24, 2.45) is 5.92 Å². The number of thioether (sulfide) groups is 1. The molecule has 0 saturated heterocycles. The molecule has 2 aliphatic rings. The molecule has 39 heavy (non-hydrogen) atoms. The monoisotopic (exact) mass is 575 g/mol. The standard InChI is InChI=1S/C29H32F3N3O2S2/c1-19(21-7-3-2-4-8-21)34-39(36,37)13-12-27-25-18-38-17-22(14-20-6-5-9-23(30)15-20)29(25)35(33-27)28-11-10-24(31)16-26(28)32/h5-6,9-13,15-16,19,21-22,34H,2-4,7-8,14,17-18H2,1H3/t19-,22?/m1/s1. The summed E-state index contributed by atoms with van der Waals surface area (Å²) < 4.78 is 72.7. The Kier molecular flexibility index (Phi) is 8.54. The number of nitrogens with one attached hydrogen (secondary N) is 1. The van der Waals surface area contributed by atoms with E-state index in [9.17, 15) is 21.6 Å². The Morgan fingerprint density at radius 1 is 1.10 bits per heavy atom. The molecule has 0 spiro atoms. The molecule has 10 heteroatoms. The molecular weight excluding hydrogens is 543 g/mol. The summed E-state index contributed by atoms with van der Waals surface area (Å²) in [5.41, 5.74) is 2.81. The Morgan fingerprint density at radius 2 is 1.87 bits per heavy atom. The number of rotatable bonds is 8. The summed E-state index contributed by atoms with van der Waals surface area (Å²) in [6.45, 7) is 1.91. The molecular formula is C29H32F3N3O2S2. The fourth-order valence-electron chi connectivity index (χ4n) is 5.69. The van der Waals surface area contributed by atoms with E-state index in [1.54, 1.807) is 17.8 Å². The molecule has 2 atom stereocenters. The van der Waals surface area contributed by atoms with Crippen molar-refractivity contribution in [3.8, 4) is 5.69 Å². The number of hydrogen-bond donors (Lipinski definition) is 1. The van der Waals surface area contributed by atoms with Crippen LogP contribution in [0.1, 0.15) is 67.5 Å². The molecule has 1 aliphatic carbocycles. The molecule has 208 valence electrons. The minimum atomic E-state index is -3.74. The van der Waals surface area contributed by atoms with E-state index in [1.165, 1.54) is 41.4 Å². The third-order valence-corrected chi connectivity index (χ3v) is 9.95. The minimum absolute atomic E-state index is 0.0790. The van der Waals surface area contributed by atoms with E-state index in [-0.39, 0.29) is 23.5 Å². The van der Waals surface area contributed by atoms with Gasteiger partial charge in [-0.15, -0.1) is 0 Å². The smallest absolute Gasteiger partial charge is 0.234 e. The van der Waals surface area contributed by atoms with Gasteiger partial charge in [0.2, 0.25) is 10.0 Å². The number of halogens is 3. The summed E-state index contributed by atoms with van der Waals surface area (Å²) in [7, 11) is -3.74. The number of sulfonamides is 1. The largest absolute Gasteiger partial charge is 0.234 e. The number of hydrogen-bond acceptors (Lipinski definition) is 4. The fourth-order valence-corrected chi connectivity index (χ4v) is 7.96. The van der Waals surface area contributed by atoms with Crippen LogP contribution in [0.5, 0.6) is 0 Å². The normalized spacial score (nSPS) is 19.3. The van der Waals surface area contributed by atoms with Gasteiger partial charge in [-0.05, 0) is 68.0 Å². The first-order valence-electron chi connectivity index (χ1n) is 13.3. The highest BCUT2D eigenvalue weighted by molar-refractivity contribution is 7.98. The lowest BCUT2D eigenvalue weighted by Gasteiger charge is -2.27. The zero-order chi connectivity index (χ0) is 27.6. The van der Waals surface area contributed by atoms with Gasteiger partial charge in [0, 0.05) is 40.5 Å². The number of aromatic nitrogens is 2. The van der Waals surface area contributed by atoms with Gasteiger partial charge >= 0.3 is 0 Å². The molecule has 1 aliphatic heterocycles. The van der Waals surface area contributed by atoms with Crippen LogP contribution < -0.4 is 4.72 Å². The third-order valence-electron chi connectivity index (χ3n) is 7.63. The lowest BCUT2D eigenvalue weighted by atomic mass is 9.85. The Morgan fingerprint density at radius 3 is 2.62 bits per heavy atom. The van der Waals surface area contributed by atoms with Crippen LogP contribution in [0.25, 0.3) is 11.8 Å². The zero-order valence-corrected chi connectivity index (χ0v) is 23.4. The van der Waals surface area contributed by atoms with Crippen molar-refractivity contribution < 1.29 is 21.6 Å². The fraction of sp³-hybridized carbons (Fsp3) is 0.414. The molecule has 0 amide bonds. The maximum Gasteiger partial charge on any atom is 0.234 e. The van der Waals surface area contributed by atoms with Gasteiger partial charge in [-0.2, -0.15) is 16.9 Å². The molecule has 1 aromatic heterocycles. The van der Waals surface area contributed by atoms with Crippen LogP contribution in [0.3, 0.4) is 0 Å². The number of fused-ring (bicyclic) bond motifs is 1. The lowest BCUT2D eigenvalue weighted by Crippen LogP contribution is -2.37. The van der Waals surface area contributed by atoms with Crippen LogP contribution in [-0.4, -0.2) is 30.0 Å². The quantitative estimate of drug-likeness (QED) is 0.324. The molecule has 2 aromatic carbocycles. The first-order valence-corrected chi connectivity index (χ1v) is 16.0. The Bertz CT molecular complexity index is 1470. The van der Waals surface area contributed by atoms with Gasteiger partial charge in [-0.1, -0.05) is 31.4 Å². The topological polar surface area (TPSA) is 64.0 Å². The van der Waals surface area contributed by atoms with Crippen molar-refractivity contribution in [1.29, 1.82) is 0 Å². The van der Waals surface area contributed by atoms with E-state index in [2.05, 4.69) is 9.82 Å².